The summed E-state index contributed by atoms with van der Waals surface area (Å²) in [4.78, 5) is 36.2. The fourth-order valence-corrected chi connectivity index (χ4v) is 4.74. The molecule has 0 aliphatic carbocycles. The van der Waals surface area contributed by atoms with Crippen molar-refractivity contribution in [2.75, 3.05) is 13.1 Å². The quantitative estimate of drug-likeness (QED) is 0.486. The minimum absolute atomic E-state index is 0.0694. The van der Waals surface area contributed by atoms with Crippen LogP contribution in [0.25, 0.3) is 0 Å². The number of benzene rings is 1. The van der Waals surface area contributed by atoms with Crippen LogP contribution in [0.15, 0.2) is 35.2 Å². The van der Waals surface area contributed by atoms with E-state index in [1.54, 1.807) is 39.0 Å². The zero-order chi connectivity index (χ0) is 22.5. The van der Waals surface area contributed by atoms with Crippen LogP contribution in [-0.2, 0) is 19.6 Å². The number of aliphatic carboxylic acids is 1. The van der Waals surface area contributed by atoms with Crippen LogP contribution in [0.2, 0.25) is 0 Å². The molecule has 3 amide bonds. The average molecular weight is 441 g/mol. The van der Waals surface area contributed by atoms with Gasteiger partial charge in [-0.15, -0.1) is 0 Å². The van der Waals surface area contributed by atoms with E-state index in [4.69, 9.17) is 0 Å². The van der Waals surface area contributed by atoms with Crippen molar-refractivity contribution in [3.8, 4) is 0 Å². The summed E-state index contributed by atoms with van der Waals surface area (Å²) in [5.74, 6) is -2.05. The van der Waals surface area contributed by atoms with E-state index in [2.05, 4.69) is 16.0 Å². The molecule has 11 heteroatoms. The highest BCUT2D eigenvalue weighted by molar-refractivity contribution is 7.89. The zero-order valence-corrected chi connectivity index (χ0v) is 18.0. The Hall–Kier alpha value is -2.66. The van der Waals surface area contributed by atoms with E-state index in [1.165, 1.54) is 12.1 Å². The lowest BCUT2D eigenvalue weighted by molar-refractivity contribution is -0.142. The molecule has 4 N–H and O–H groups in total. The topological polar surface area (TPSA) is 145 Å². The molecule has 1 heterocycles. The molecule has 1 aliphatic heterocycles. The second kappa shape index (κ2) is 9.43. The Morgan fingerprint density at radius 2 is 1.83 bits per heavy atom. The van der Waals surface area contributed by atoms with Crippen LogP contribution in [0, 0.1) is 0 Å². The van der Waals surface area contributed by atoms with E-state index in [9.17, 15) is 27.9 Å². The number of amides is 3. The fraction of sp³-hybridized carbons (Fsp3) is 0.526. The van der Waals surface area contributed by atoms with Crippen LogP contribution < -0.4 is 16.0 Å². The monoisotopic (exact) mass is 440 g/mol. The Morgan fingerprint density at radius 3 is 2.40 bits per heavy atom. The third-order valence-corrected chi connectivity index (χ3v) is 6.35. The van der Waals surface area contributed by atoms with Crippen LogP contribution in [0.1, 0.15) is 33.6 Å². The van der Waals surface area contributed by atoms with Crippen molar-refractivity contribution in [2.45, 2.75) is 56.1 Å². The van der Waals surface area contributed by atoms with Crippen LogP contribution in [0.3, 0.4) is 0 Å². The van der Waals surface area contributed by atoms with Crippen LogP contribution >= 0.6 is 0 Å². The van der Waals surface area contributed by atoms with Crippen molar-refractivity contribution in [3.63, 3.8) is 0 Å². The summed E-state index contributed by atoms with van der Waals surface area (Å²) in [5.41, 5.74) is -0.512. The molecule has 0 spiro atoms. The predicted octanol–water partition coefficient (Wildman–Crippen LogP) is 0.507. The van der Waals surface area contributed by atoms with E-state index in [1.807, 2.05) is 0 Å². The molecule has 1 fully saturated rings. The van der Waals surface area contributed by atoms with Crippen molar-refractivity contribution in [1.82, 2.24) is 20.3 Å². The maximum atomic E-state index is 12.9. The number of carbonyl (C=O) groups excluding carboxylic acids is 2. The fourth-order valence-electron chi connectivity index (χ4n) is 3.07. The van der Waals surface area contributed by atoms with Gasteiger partial charge in [0, 0.05) is 12.1 Å². The number of carboxylic acids is 1. The van der Waals surface area contributed by atoms with Gasteiger partial charge in [-0.25, -0.2) is 18.0 Å². The van der Waals surface area contributed by atoms with Gasteiger partial charge in [-0.1, -0.05) is 18.2 Å². The number of rotatable bonds is 7. The molecule has 0 bridgehead atoms. The number of nitrogens with one attached hydrogen (secondary N) is 3. The van der Waals surface area contributed by atoms with Gasteiger partial charge in [-0.2, -0.15) is 4.31 Å². The molecule has 2 atom stereocenters. The summed E-state index contributed by atoms with van der Waals surface area (Å²) in [6.45, 7) is 5.13. The number of carbonyl (C=O) groups is 3. The molecule has 0 radical (unpaired) electrons. The molecule has 1 aromatic carbocycles. The van der Waals surface area contributed by atoms with Gasteiger partial charge < -0.3 is 21.1 Å². The molecular weight excluding hydrogens is 412 g/mol. The first-order valence-corrected chi connectivity index (χ1v) is 11.0. The maximum absolute atomic E-state index is 12.9. The van der Waals surface area contributed by atoms with Crippen molar-refractivity contribution >= 4 is 27.9 Å². The third-order valence-electron chi connectivity index (χ3n) is 4.43. The molecule has 1 aliphatic rings. The van der Waals surface area contributed by atoms with Gasteiger partial charge in [0.15, 0.2) is 0 Å². The zero-order valence-electron chi connectivity index (χ0n) is 17.2. The number of nitrogens with zero attached hydrogens (tertiary/aromatic N) is 1. The van der Waals surface area contributed by atoms with Gasteiger partial charge in [0.05, 0.1) is 11.4 Å². The van der Waals surface area contributed by atoms with Gasteiger partial charge in [0.2, 0.25) is 15.9 Å². The van der Waals surface area contributed by atoms with Crippen LogP contribution in [0.5, 0.6) is 0 Å². The smallest absolute Gasteiger partial charge is 0.328 e. The van der Waals surface area contributed by atoms with E-state index in [-0.39, 0.29) is 24.4 Å². The minimum atomic E-state index is -3.89. The van der Waals surface area contributed by atoms with Crippen molar-refractivity contribution in [1.29, 1.82) is 0 Å². The van der Waals surface area contributed by atoms with E-state index in [0.29, 0.717) is 6.42 Å². The highest BCUT2D eigenvalue weighted by Gasteiger charge is 2.40. The van der Waals surface area contributed by atoms with E-state index >= 15 is 0 Å². The molecule has 0 aromatic heterocycles. The second-order valence-electron chi connectivity index (χ2n) is 8.07. The highest BCUT2D eigenvalue weighted by Crippen LogP contribution is 2.26. The van der Waals surface area contributed by atoms with Crippen molar-refractivity contribution in [2.24, 2.45) is 0 Å². The maximum Gasteiger partial charge on any atom is 0.328 e. The van der Waals surface area contributed by atoms with Gasteiger partial charge >= 0.3 is 12.0 Å². The summed E-state index contributed by atoms with van der Waals surface area (Å²) in [7, 11) is -3.89. The lowest BCUT2D eigenvalue weighted by Crippen LogP contribution is -2.55. The Morgan fingerprint density at radius 1 is 1.20 bits per heavy atom. The Balaban J connectivity index is 2.06. The number of urea groups is 1. The lowest BCUT2D eigenvalue weighted by atomic mass is 10.1. The molecule has 166 valence electrons. The standard InChI is InChI=1S/C19H28N4O6S/c1-19(2,3)22-18(27)20-12-14(17(25)26)21-16(24)15-10-7-11-23(15)30(28,29)13-8-5-4-6-9-13/h4-6,8-9,14-15H,7,10-12H2,1-3H3,(H,21,24)(H,25,26)(H2,20,22,27)/t14-,15?/m0/s1. The summed E-state index contributed by atoms with van der Waals surface area (Å²) in [6.07, 6.45) is 0.760. The summed E-state index contributed by atoms with van der Waals surface area (Å²) in [6, 6.07) is 4.77. The first-order valence-electron chi connectivity index (χ1n) is 9.58. The molecule has 30 heavy (non-hydrogen) atoms. The average Bonchev–Trinajstić information content (AvgIpc) is 3.15. The number of hydrogen-bond acceptors (Lipinski definition) is 5. The Labute approximate surface area is 176 Å². The van der Waals surface area contributed by atoms with Crippen molar-refractivity contribution < 1.29 is 27.9 Å². The lowest BCUT2D eigenvalue weighted by Gasteiger charge is -2.25. The first kappa shape index (κ1) is 23.6. The second-order valence-corrected chi connectivity index (χ2v) is 9.96. The molecule has 0 saturated carbocycles. The molecular formula is C19H28N4O6S. The molecule has 1 unspecified atom stereocenters. The van der Waals surface area contributed by atoms with Crippen molar-refractivity contribution in [3.05, 3.63) is 30.3 Å². The molecule has 2 rings (SSSR count). The molecule has 1 saturated heterocycles. The van der Waals surface area contributed by atoms with Gasteiger partial charge in [0.25, 0.3) is 0 Å². The first-order chi connectivity index (χ1) is 13.9. The third kappa shape index (κ3) is 6.17. The number of carboxylic acid groups (broad SMARTS) is 1. The SMILES string of the molecule is CC(C)(C)NC(=O)NC[C@H](NC(=O)C1CCCN1S(=O)(=O)c1ccccc1)C(=O)O. The number of sulfonamides is 1. The largest absolute Gasteiger partial charge is 0.480 e. The molecule has 10 nitrogen and oxygen atoms in total. The van der Waals surface area contributed by atoms with Crippen LogP contribution in [-0.4, -0.2) is 66.4 Å². The highest BCUT2D eigenvalue weighted by atomic mass is 32.2. The Kier molecular flexibility index (Phi) is 7.43. The Bertz CT molecular complexity index is 882. The predicted molar refractivity (Wildman–Crippen MR) is 109 cm³/mol. The van der Waals surface area contributed by atoms with Gasteiger partial charge in [-0.3, -0.25) is 4.79 Å². The summed E-state index contributed by atoms with van der Waals surface area (Å²) in [5, 5.41) is 16.8. The minimum Gasteiger partial charge on any atom is -0.480 e. The van der Waals surface area contributed by atoms with Gasteiger partial charge in [-0.05, 0) is 45.7 Å². The van der Waals surface area contributed by atoms with Crippen LogP contribution in [0.4, 0.5) is 4.79 Å². The normalized spacial score (nSPS) is 18.4. The summed E-state index contributed by atoms with van der Waals surface area (Å²) >= 11 is 0. The van der Waals surface area contributed by atoms with E-state index < -0.39 is 45.6 Å². The van der Waals surface area contributed by atoms with Gasteiger partial charge in [0.1, 0.15) is 12.1 Å². The molecule has 1 aromatic rings. The number of hydrogen-bond donors (Lipinski definition) is 4. The van der Waals surface area contributed by atoms with E-state index in [0.717, 1.165) is 4.31 Å². The summed E-state index contributed by atoms with van der Waals surface area (Å²) < 4.78 is 26.9.